The van der Waals surface area contributed by atoms with Gasteiger partial charge in [-0.2, -0.15) is 0 Å². The van der Waals surface area contributed by atoms with Crippen molar-refractivity contribution >= 4 is 6.34 Å². The smallest absolute Gasteiger partial charge is 0.0959 e. The molecule has 1 atom stereocenters. The van der Waals surface area contributed by atoms with Gasteiger partial charge in [0.05, 0.1) is 25.6 Å². The molecule has 1 rings (SSSR count). The average molecular weight is 200 g/mol. The lowest BCUT2D eigenvalue weighted by molar-refractivity contribution is -0.0453. The van der Waals surface area contributed by atoms with Crippen molar-refractivity contribution in [1.82, 2.24) is 9.91 Å². The highest BCUT2D eigenvalue weighted by Crippen LogP contribution is 2.08. The monoisotopic (exact) mass is 200 g/mol. The van der Waals surface area contributed by atoms with Crippen molar-refractivity contribution in [2.45, 2.75) is 26.0 Å². The number of hydrogen-bond acceptors (Lipinski definition) is 4. The maximum absolute atomic E-state index is 6.97. The molecule has 0 spiro atoms. The van der Waals surface area contributed by atoms with E-state index < -0.39 is 0 Å². The Balaban J connectivity index is 2.36. The van der Waals surface area contributed by atoms with Crippen molar-refractivity contribution in [1.29, 1.82) is 5.41 Å². The zero-order chi connectivity index (χ0) is 10.6. The third-order valence-electron chi connectivity index (χ3n) is 2.48. The van der Waals surface area contributed by atoms with Crippen LogP contribution >= 0.6 is 0 Å². The van der Waals surface area contributed by atoms with E-state index in [1.807, 2.05) is 0 Å². The molecule has 0 saturated carbocycles. The Labute approximate surface area is 85.3 Å². The van der Waals surface area contributed by atoms with Crippen molar-refractivity contribution in [3.8, 4) is 0 Å². The molecule has 0 amide bonds. The van der Waals surface area contributed by atoms with E-state index in [2.05, 4.69) is 18.7 Å². The third-order valence-corrected chi connectivity index (χ3v) is 2.48. The Kier molecular flexibility index (Phi) is 4.31. The fraction of sp³-hybridized carbons (Fsp3) is 0.889. The average Bonchev–Trinajstić information content (AvgIpc) is 2.18. The molecule has 1 aliphatic heterocycles. The number of morpholine rings is 1. The summed E-state index contributed by atoms with van der Waals surface area (Å²) in [5.74, 6) is 5.52. The lowest BCUT2D eigenvalue weighted by Crippen LogP contribution is -2.50. The van der Waals surface area contributed by atoms with Gasteiger partial charge in [0.1, 0.15) is 0 Å². The van der Waals surface area contributed by atoms with Crippen LogP contribution in [0, 0.1) is 5.41 Å². The molecule has 3 N–H and O–H groups in total. The summed E-state index contributed by atoms with van der Waals surface area (Å²) < 4.78 is 5.56. The molecule has 5 nitrogen and oxygen atoms in total. The molecule has 0 aliphatic carbocycles. The number of nitrogens with one attached hydrogen (secondary N) is 1. The molecule has 1 saturated heterocycles. The Hall–Kier alpha value is -0.650. The number of hydrazine groups is 1. The van der Waals surface area contributed by atoms with Crippen LogP contribution < -0.4 is 5.84 Å². The first-order chi connectivity index (χ1) is 6.63. The second-order valence-corrected chi connectivity index (χ2v) is 3.91. The summed E-state index contributed by atoms with van der Waals surface area (Å²) in [6, 6.07) is 0.549. The summed E-state index contributed by atoms with van der Waals surface area (Å²) in [6.45, 7) is 7.60. The van der Waals surface area contributed by atoms with Crippen LogP contribution in [-0.2, 0) is 4.74 Å². The zero-order valence-corrected chi connectivity index (χ0v) is 8.94. The van der Waals surface area contributed by atoms with Gasteiger partial charge in [-0.1, -0.05) is 0 Å². The molecule has 1 fully saturated rings. The minimum Gasteiger partial charge on any atom is -0.374 e. The summed E-state index contributed by atoms with van der Waals surface area (Å²) in [6.07, 6.45) is 1.25. The van der Waals surface area contributed by atoms with Crippen LogP contribution in [0.1, 0.15) is 13.8 Å². The van der Waals surface area contributed by atoms with Crippen LogP contribution in [0.2, 0.25) is 0 Å². The highest BCUT2D eigenvalue weighted by atomic mass is 16.5. The molecule has 0 bridgehead atoms. The summed E-state index contributed by atoms with van der Waals surface area (Å²) in [5, 5.41) is 8.32. The first-order valence-corrected chi connectivity index (χ1v) is 5.01. The maximum Gasteiger partial charge on any atom is 0.0959 e. The summed E-state index contributed by atoms with van der Waals surface area (Å²) in [7, 11) is 0. The zero-order valence-electron chi connectivity index (χ0n) is 8.94. The summed E-state index contributed by atoms with van der Waals surface area (Å²) >= 11 is 0. The van der Waals surface area contributed by atoms with Crippen LogP contribution in [0.25, 0.3) is 0 Å². The van der Waals surface area contributed by atoms with Crippen molar-refractivity contribution in [2.24, 2.45) is 5.84 Å². The Morgan fingerprint density at radius 1 is 1.71 bits per heavy atom. The van der Waals surface area contributed by atoms with Gasteiger partial charge in [-0.3, -0.25) is 15.3 Å². The van der Waals surface area contributed by atoms with Crippen molar-refractivity contribution in [3.63, 3.8) is 0 Å². The molecule has 5 heteroatoms. The molecule has 0 radical (unpaired) electrons. The number of rotatable bonds is 4. The summed E-state index contributed by atoms with van der Waals surface area (Å²) in [5.41, 5.74) is 0. The van der Waals surface area contributed by atoms with Crippen molar-refractivity contribution in [2.75, 3.05) is 26.2 Å². The minimum atomic E-state index is 0.123. The molecule has 82 valence electrons. The van der Waals surface area contributed by atoms with Gasteiger partial charge in [0.15, 0.2) is 0 Å². The highest BCUT2D eigenvalue weighted by molar-refractivity contribution is 5.49. The van der Waals surface area contributed by atoms with Crippen LogP contribution in [0.4, 0.5) is 0 Å². The van der Waals surface area contributed by atoms with Gasteiger partial charge in [-0.05, 0) is 13.8 Å². The predicted octanol–water partition coefficient (Wildman–Crippen LogP) is -0.122. The molecule has 14 heavy (non-hydrogen) atoms. The van der Waals surface area contributed by atoms with Gasteiger partial charge >= 0.3 is 0 Å². The normalized spacial score (nSPS) is 23.9. The van der Waals surface area contributed by atoms with E-state index in [1.165, 1.54) is 5.01 Å². The van der Waals surface area contributed by atoms with Crippen LogP contribution in [0.5, 0.6) is 0 Å². The second-order valence-electron chi connectivity index (χ2n) is 3.91. The fourth-order valence-corrected chi connectivity index (χ4v) is 1.61. The molecule has 1 aliphatic rings. The molecule has 0 aromatic heterocycles. The van der Waals surface area contributed by atoms with Gasteiger partial charge in [-0.15, -0.1) is 0 Å². The van der Waals surface area contributed by atoms with Gasteiger partial charge in [0, 0.05) is 19.1 Å². The number of nitrogens with two attached hydrogens (primary N) is 1. The maximum atomic E-state index is 6.97. The van der Waals surface area contributed by atoms with E-state index in [0.717, 1.165) is 26.0 Å². The minimum absolute atomic E-state index is 0.123. The van der Waals surface area contributed by atoms with Crippen LogP contribution in [0.15, 0.2) is 0 Å². The summed E-state index contributed by atoms with van der Waals surface area (Å²) in [4.78, 5) is 2.37. The largest absolute Gasteiger partial charge is 0.374 e. The van der Waals surface area contributed by atoms with E-state index in [-0.39, 0.29) is 6.10 Å². The van der Waals surface area contributed by atoms with Gasteiger partial charge in [-0.25, -0.2) is 5.84 Å². The van der Waals surface area contributed by atoms with Crippen LogP contribution in [0.3, 0.4) is 0 Å². The Bertz CT molecular complexity index is 186. The number of hydrogen-bond donors (Lipinski definition) is 2. The predicted molar refractivity (Wildman–Crippen MR) is 56.1 cm³/mol. The van der Waals surface area contributed by atoms with Crippen molar-refractivity contribution < 1.29 is 4.74 Å². The molecule has 0 aromatic carbocycles. The molecule has 0 aromatic rings. The molecule has 1 heterocycles. The van der Waals surface area contributed by atoms with E-state index in [9.17, 15) is 0 Å². The quantitative estimate of drug-likeness (QED) is 0.287. The molecular weight excluding hydrogens is 180 g/mol. The van der Waals surface area contributed by atoms with Gasteiger partial charge in [0.2, 0.25) is 0 Å². The Morgan fingerprint density at radius 3 is 3.00 bits per heavy atom. The van der Waals surface area contributed by atoms with E-state index in [4.69, 9.17) is 16.0 Å². The lowest BCUT2D eigenvalue weighted by Gasteiger charge is -2.36. The molecular formula is C9H20N4O. The number of nitrogens with zero attached hydrogens (tertiary/aromatic N) is 2. The first-order valence-electron chi connectivity index (χ1n) is 5.01. The van der Waals surface area contributed by atoms with E-state index in [1.54, 1.807) is 0 Å². The highest BCUT2D eigenvalue weighted by Gasteiger charge is 2.22. The van der Waals surface area contributed by atoms with Crippen molar-refractivity contribution in [3.05, 3.63) is 0 Å². The standard InChI is InChI=1S/C9H20N4O/c1-8(2)12-3-4-14-9(5-12)6-13(11)7-10/h7-10H,3-6,11H2,1-2H3. The van der Waals surface area contributed by atoms with E-state index in [0.29, 0.717) is 12.6 Å². The Morgan fingerprint density at radius 2 is 2.43 bits per heavy atom. The SMILES string of the molecule is CC(C)N1CCOC(CN(N)C=N)C1. The third kappa shape index (κ3) is 3.25. The van der Waals surface area contributed by atoms with Gasteiger partial charge < -0.3 is 4.74 Å². The molecule has 1 unspecified atom stereocenters. The van der Waals surface area contributed by atoms with Gasteiger partial charge in [0.25, 0.3) is 0 Å². The second kappa shape index (κ2) is 5.29. The van der Waals surface area contributed by atoms with E-state index >= 15 is 0 Å². The lowest BCUT2D eigenvalue weighted by atomic mass is 10.2. The fourth-order valence-electron chi connectivity index (χ4n) is 1.61. The number of ether oxygens (including phenoxy) is 1. The van der Waals surface area contributed by atoms with Crippen LogP contribution in [-0.4, -0.2) is 54.6 Å². The first kappa shape index (κ1) is 11.4. The topological polar surface area (TPSA) is 65.6 Å².